The van der Waals surface area contributed by atoms with Crippen LogP contribution in [0.4, 0.5) is 5.69 Å². The lowest BCUT2D eigenvalue weighted by Gasteiger charge is -2.30. The Kier molecular flexibility index (Phi) is 5.74. The summed E-state index contributed by atoms with van der Waals surface area (Å²) in [5.41, 5.74) is 11.6. The average molecular weight is 494 g/mol. The van der Waals surface area contributed by atoms with Crippen LogP contribution in [-0.4, -0.2) is 42.3 Å². The van der Waals surface area contributed by atoms with Crippen molar-refractivity contribution < 1.29 is 19.1 Å². The first kappa shape index (κ1) is 23.6. The Morgan fingerprint density at radius 1 is 1.17 bits per heavy atom. The monoisotopic (exact) mass is 493 g/mol. The van der Waals surface area contributed by atoms with Gasteiger partial charge in [0.15, 0.2) is 17.3 Å². The molecular formula is C27H31N3O4S. The summed E-state index contributed by atoms with van der Waals surface area (Å²) in [5.74, 6) is 1.37. The maximum atomic E-state index is 13.7. The first-order valence-corrected chi connectivity index (χ1v) is 12.8. The van der Waals surface area contributed by atoms with Gasteiger partial charge in [-0.3, -0.25) is 9.59 Å². The van der Waals surface area contributed by atoms with Crippen LogP contribution in [0.1, 0.15) is 69.6 Å². The first-order valence-electron chi connectivity index (χ1n) is 12.0. The number of aryl methyl sites for hydroxylation is 1. The van der Waals surface area contributed by atoms with Crippen LogP contribution < -0.4 is 15.2 Å². The van der Waals surface area contributed by atoms with E-state index >= 15 is 0 Å². The molecule has 0 atom stereocenters. The van der Waals surface area contributed by atoms with Crippen LogP contribution in [-0.2, 0) is 25.8 Å². The largest absolute Gasteiger partial charge is 0.493 e. The number of hydrogen-bond donors (Lipinski definition) is 1. The lowest BCUT2D eigenvalue weighted by atomic mass is 9.74. The predicted octanol–water partition coefficient (Wildman–Crippen LogP) is 4.81. The summed E-state index contributed by atoms with van der Waals surface area (Å²) in [6.45, 7) is 7.29. The fourth-order valence-electron chi connectivity index (χ4n) is 5.49. The molecule has 0 saturated heterocycles. The molecule has 1 amide bonds. The third-order valence-corrected chi connectivity index (χ3v) is 8.26. The second-order valence-corrected chi connectivity index (χ2v) is 11.2. The second kappa shape index (κ2) is 8.52. The molecule has 2 aliphatic rings. The van der Waals surface area contributed by atoms with E-state index in [1.807, 2.05) is 24.0 Å². The van der Waals surface area contributed by atoms with Crippen LogP contribution >= 0.6 is 11.3 Å². The van der Waals surface area contributed by atoms with Gasteiger partial charge in [-0.25, -0.2) is 4.98 Å². The number of nitrogen functional groups attached to an aromatic ring is 1. The molecule has 7 nitrogen and oxygen atoms in total. The Bertz CT molecular complexity index is 1370. The van der Waals surface area contributed by atoms with Crippen molar-refractivity contribution in [2.24, 2.45) is 5.41 Å². The molecule has 0 unspecified atom stereocenters. The van der Waals surface area contributed by atoms with E-state index in [9.17, 15) is 9.59 Å². The Balaban J connectivity index is 1.54. The van der Waals surface area contributed by atoms with Gasteiger partial charge < -0.3 is 20.1 Å². The number of rotatable bonds is 4. The van der Waals surface area contributed by atoms with Crippen molar-refractivity contribution in [3.8, 4) is 11.5 Å². The standard InChI is InChI=1S/C27H31N3O4S/c1-6-16-21-17(11-27(2,3)12-18(21)31)29-25-22(16)23(28)24(35-25)26(32)30-8-7-14-9-19(33-4)20(34-5)10-15(14)13-30/h9-10H,6-8,11-13,28H2,1-5H3. The van der Waals surface area contributed by atoms with E-state index in [0.717, 1.165) is 51.0 Å². The van der Waals surface area contributed by atoms with Gasteiger partial charge in [0.25, 0.3) is 5.91 Å². The number of hydrogen-bond acceptors (Lipinski definition) is 7. The number of benzene rings is 1. The number of Topliss-reactive ketones (excluding diaryl/α,β-unsaturated/α-hetero) is 1. The SMILES string of the molecule is CCc1c2c(nc3sc(C(=O)N4CCc5cc(OC)c(OC)cc5C4)c(N)c13)CC(C)(C)CC2=O. The topological polar surface area (TPSA) is 94.8 Å². The van der Waals surface area contributed by atoms with E-state index < -0.39 is 0 Å². The Morgan fingerprint density at radius 2 is 1.86 bits per heavy atom. The zero-order chi connectivity index (χ0) is 25.1. The van der Waals surface area contributed by atoms with E-state index in [-0.39, 0.29) is 17.1 Å². The number of ether oxygens (including phenoxy) is 2. The smallest absolute Gasteiger partial charge is 0.266 e. The van der Waals surface area contributed by atoms with Gasteiger partial charge in [0.05, 0.1) is 25.6 Å². The number of ketones is 1. The second-order valence-electron chi connectivity index (χ2n) is 10.2. The molecule has 3 aromatic rings. The van der Waals surface area contributed by atoms with Crippen molar-refractivity contribution in [3.63, 3.8) is 0 Å². The maximum Gasteiger partial charge on any atom is 0.266 e. The first-order chi connectivity index (χ1) is 16.7. The van der Waals surface area contributed by atoms with Gasteiger partial charge >= 0.3 is 0 Å². The summed E-state index contributed by atoms with van der Waals surface area (Å²) in [6, 6.07) is 3.93. The molecule has 35 heavy (non-hydrogen) atoms. The molecular weight excluding hydrogens is 462 g/mol. The molecule has 0 saturated carbocycles. The lowest BCUT2D eigenvalue weighted by molar-refractivity contribution is 0.0740. The molecule has 1 aromatic carbocycles. The fourth-order valence-corrected chi connectivity index (χ4v) is 6.60. The molecule has 0 fully saturated rings. The summed E-state index contributed by atoms with van der Waals surface area (Å²) in [7, 11) is 3.23. The predicted molar refractivity (Wildman–Crippen MR) is 138 cm³/mol. The van der Waals surface area contributed by atoms with Gasteiger partial charge in [0.1, 0.15) is 9.71 Å². The van der Waals surface area contributed by atoms with Crippen molar-refractivity contribution in [3.05, 3.63) is 45.0 Å². The Morgan fingerprint density at radius 3 is 2.51 bits per heavy atom. The number of nitrogens with two attached hydrogens (primary N) is 1. The van der Waals surface area contributed by atoms with Crippen molar-refractivity contribution in [1.29, 1.82) is 0 Å². The molecule has 0 radical (unpaired) electrons. The van der Waals surface area contributed by atoms with Crippen LogP contribution in [0.5, 0.6) is 11.5 Å². The fraction of sp³-hybridized carbons (Fsp3) is 0.444. The number of nitrogens with zero attached hydrogens (tertiary/aromatic N) is 2. The summed E-state index contributed by atoms with van der Waals surface area (Å²) < 4.78 is 10.9. The molecule has 184 valence electrons. The summed E-state index contributed by atoms with van der Waals surface area (Å²) >= 11 is 1.34. The van der Waals surface area contributed by atoms with Crippen molar-refractivity contribution in [2.45, 2.75) is 53.0 Å². The zero-order valence-electron chi connectivity index (χ0n) is 20.9. The van der Waals surface area contributed by atoms with Gasteiger partial charge in [-0.1, -0.05) is 20.8 Å². The van der Waals surface area contributed by atoms with Crippen LogP contribution in [0.2, 0.25) is 0 Å². The van der Waals surface area contributed by atoms with Crippen molar-refractivity contribution in [2.75, 3.05) is 26.5 Å². The van der Waals surface area contributed by atoms with E-state index in [0.29, 0.717) is 48.0 Å². The highest BCUT2D eigenvalue weighted by Gasteiger charge is 2.36. The third kappa shape index (κ3) is 3.84. The van der Waals surface area contributed by atoms with Gasteiger partial charge in [0, 0.05) is 30.5 Å². The lowest BCUT2D eigenvalue weighted by Crippen LogP contribution is -2.35. The Labute approximate surface area is 209 Å². The highest BCUT2D eigenvalue weighted by molar-refractivity contribution is 7.21. The van der Waals surface area contributed by atoms with Crippen molar-refractivity contribution in [1.82, 2.24) is 9.88 Å². The summed E-state index contributed by atoms with van der Waals surface area (Å²) in [5, 5.41) is 0.775. The molecule has 0 spiro atoms. The normalized spacial score (nSPS) is 16.7. The molecule has 5 rings (SSSR count). The Hall–Kier alpha value is -3.13. The highest BCUT2D eigenvalue weighted by Crippen LogP contribution is 2.43. The van der Waals surface area contributed by atoms with Crippen molar-refractivity contribution >= 4 is 38.9 Å². The number of pyridine rings is 1. The van der Waals surface area contributed by atoms with E-state index in [2.05, 4.69) is 13.8 Å². The molecule has 1 aliphatic carbocycles. The van der Waals surface area contributed by atoms with Crippen LogP contribution in [0, 0.1) is 5.41 Å². The minimum absolute atomic E-state index is 0.0994. The number of fused-ring (bicyclic) bond motifs is 3. The third-order valence-electron chi connectivity index (χ3n) is 7.17. The summed E-state index contributed by atoms with van der Waals surface area (Å²) in [4.78, 5) is 34.7. The number of thiophene rings is 1. The number of anilines is 1. The quantitative estimate of drug-likeness (QED) is 0.560. The number of carbonyl (C=O) groups is 2. The molecule has 8 heteroatoms. The number of methoxy groups -OCH3 is 2. The van der Waals surface area contributed by atoms with Gasteiger partial charge in [-0.15, -0.1) is 11.3 Å². The van der Waals surface area contributed by atoms with Gasteiger partial charge in [0.2, 0.25) is 0 Å². The maximum absolute atomic E-state index is 13.7. The minimum Gasteiger partial charge on any atom is -0.493 e. The molecule has 1 aliphatic heterocycles. The van der Waals surface area contributed by atoms with E-state index in [1.165, 1.54) is 11.3 Å². The summed E-state index contributed by atoms with van der Waals surface area (Å²) in [6.07, 6.45) is 2.63. The van der Waals surface area contributed by atoms with Crippen LogP contribution in [0.3, 0.4) is 0 Å². The molecule has 3 heterocycles. The average Bonchev–Trinajstić information content (AvgIpc) is 3.15. The van der Waals surface area contributed by atoms with Crippen LogP contribution in [0.15, 0.2) is 12.1 Å². The van der Waals surface area contributed by atoms with Crippen LogP contribution in [0.25, 0.3) is 10.2 Å². The van der Waals surface area contributed by atoms with E-state index in [1.54, 1.807) is 14.2 Å². The highest BCUT2D eigenvalue weighted by atomic mass is 32.1. The number of aromatic nitrogens is 1. The molecule has 2 N–H and O–H groups in total. The van der Waals surface area contributed by atoms with Gasteiger partial charge in [-0.2, -0.15) is 0 Å². The minimum atomic E-state index is -0.123. The number of carbonyl (C=O) groups excluding carboxylic acids is 2. The molecule has 2 aromatic heterocycles. The van der Waals surface area contributed by atoms with Gasteiger partial charge in [-0.05, 0) is 53.5 Å². The molecule has 0 bridgehead atoms. The van der Waals surface area contributed by atoms with E-state index in [4.69, 9.17) is 20.2 Å². The zero-order valence-corrected chi connectivity index (χ0v) is 21.7. The number of amides is 1.